The molecule has 0 spiro atoms. The molecule has 2 heterocycles. The van der Waals surface area contributed by atoms with Crippen LogP contribution in [0.25, 0.3) is 0 Å². The Morgan fingerprint density at radius 3 is 2.82 bits per heavy atom. The summed E-state index contributed by atoms with van der Waals surface area (Å²) in [5, 5.41) is 6.25. The lowest BCUT2D eigenvalue weighted by Crippen LogP contribution is -2.42. The van der Waals surface area contributed by atoms with Gasteiger partial charge in [-0.15, -0.1) is 0 Å². The highest BCUT2D eigenvalue weighted by Gasteiger charge is 2.31. The molecule has 122 valence electrons. The van der Waals surface area contributed by atoms with Gasteiger partial charge in [0.15, 0.2) is 5.69 Å². The molecule has 1 unspecified atom stereocenters. The summed E-state index contributed by atoms with van der Waals surface area (Å²) < 4.78 is 31.9. The molecule has 0 saturated carbocycles. The zero-order valence-corrected chi connectivity index (χ0v) is 13.2. The van der Waals surface area contributed by atoms with Crippen LogP contribution in [0.3, 0.4) is 0 Å². The fourth-order valence-electron chi connectivity index (χ4n) is 3.06. The van der Waals surface area contributed by atoms with Gasteiger partial charge < -0.3 is 4.74 Å². The van der Waals surface area contributed by atoms with Crippen molar-refractivity contribution in [3.8, 4) is 0 Å². The highest BCUT2D eigenvalue weighted by molar-refractivity contribution is 7.90. The van der Waals surface area contributed by atoms with E-state index in [2.05, 4.69) is 14.9 Å². The van der Waals surface area contributed by atoms with Crippen molar-refractivity contribution in [1.82, 2.24) is 14.9 Å². The summed E-state index contributed by atoms with van der Waals surface area (Å²) in [4.78, 5) is 12.3. The molecule has 1 saturated heterocycles. The van der Waals surface area contributed by atoms with Crippen molar-refractivity contribution in [2.24, 2.45) is 0 Å². The van der Waals surface area contributed by atoms with E-state index in [1.54, 1.807) is 0 Å². The number of fused-ring (bicyclic) bond motifs is 1. The van der Waals surface area contributed by atoms with E-state index in [0.29, 0.717) is 19.4 Å². The third-order valence-electron chi connectivity index (χ3n) is 4.31. The van der Waals surface area contributed by atoms with Crippen molar-refractivity contribution in [3.63, 3.8) is 0 Å². The van der Waals surface area contributed by atoms with Gasteiger partial charge in [-0.3, -0.25) is 9.89 Å². The number of aromatic nitrogens is 2. The van der Waals surface area contributed by atoms with Crippen LogP contribution in [-0.4, -0.2) is 43.0 Å². The van der Waals surface area contributed by atoms with Crippen LogP contribution in [0.15, 0.2) is 0 Å². The van der Waals surface area contributed by atoms with Crippen LogP contribution >= 0.6 is 0 Å². The van der Waals surface area contributed by atoms with E-state index in [4.69, 9.17) is 4.74 Å². The summed E-state index contributed by atoms with van der Waals surface area (Å²) in [7, 11) is -3.72. The first-order valence-corrected chi connectivity index (χ1v) is 9.32. The SMILES string of the molecule is O=C(NS(=O)(=O)C1CCCOC1)c1n[nH]c2c1CCCCC2. The highest BCUT2D eigenvalue weighted by Crippen LogP contribution is 2.22. The van der Waals surface area contributed by atoms with E-state index in [1.165, 1.54) is 0 Å². The van der Waals surface area contributed by atoms with Gasteiger partial charge in [0.05, 0.1) is 6.61 Å². The third-order valence-corrected chi connectivity index (χ3v) is 6.03. The molecule has 7 nitrogen and oxygen atoms in total. The molecule has 1 atom stereocenters. The number of aromatic amines is 1. The average Bonchev–Trinajstić information content (AvgIpc) is 2.77. The van der Waals surface area contributed by atoms with Crippen molar-refractivity contribution in [3.05, 3.63) is 17.0 Å². The van der Waals surface area contributed by atoms with Crippen LogP contribution < -0.4 is 4.72 Å². The number of nitrogens with zero attached hydrogens (tertiary/aromatic N) is 1. The predicted molar refractivity (Wildman–Crippen MR) is 80.1 cm³/mol. The Balaban J connectivity index is 1.75. The normalized spacial score (nSPS) is 22.6. The second-order valence-electron chi connectivity index (χ2n) is 5.91. The van der Waals surface area contributed by atoms with Gasteiger partial charge in [0.2, 0.25) is 10.0 Å². The molecule has 1 aliphatic heterocycles. The van der Waals surface area contributed by atoms with Gasteiger partial charge in [-0.1, -0.05) is 6.42 Å². The minimum absolute atomic E-state index is 0.140. The zero-order valence-electron chi connectivity index (χ0n) is 12.4. The molecular weight excluding hydrogens is 306 g/mol. The number of carbonyl (C=O) groups excluding carboxylic acids is 1. The van der Waals surface area contributed by atoms with Crippen molar-refractivity contribution in [2.45, 2.75) is 50.2 Å². The summed E-state index contributed by atoms with van der Waals surface area (Å²) in [6.45, 7) is 0.716. The lowest BCUT2D eigenvalue weighted by molar-refractivity contribution is 0.0949. The van der Waals surface area contributed by atoms with Gasteiger partial charge >= 0.3 is 0 Å². The van der Waals surface area contributed by atoms with Gasteiger partial charge in [0.25, 0.3) is 5.91 Å². The molecule has 3 rings (SSSR count). The zero-order chi connectivity index (χ0) is 15.6. The Hall–Kier alpha value is -1.41. The van der Waals surface area contributed by atoms with Gasteiger partial charge in [0.1, 0.15) is 5.25 Å². The fraction of sp³-hybridized carbons (Fsp3) is 0.714. The molecule has 8 heteroatoms. The molecule has 0 radical (unpaired) electrons. The second kappa shape index (κ2) is 6.37. The lowest BCUT2D eigenvalue weighted by atomic mass is 10.1. The summed E-state index contributed by atoms with van der Waals surface area (Å²) in [6, 6.07) is 0. The fourth-order valence-corrected chi connectivity index (χ4v) is 4.34. The number of hydrogen-bond acceptors (Lipinski definition) is 5. The Bertz CT molecular complexity index is 647. The molecule has 1 amide bonds. The summed E-state index contributed by atoms with van der Waals surface area (Å²) >= 11 is 0. The number of H-pyrrole nitrogens is 1. The molecule has 1 fully saturated rings. The van der Waals surface area contributed by atoms with Crippen molar-refractivity contribution < 1.29 is 17.9 Å². The summed E-state index contributed by atoms with van der Waals surface area (Å²) in [6.07, 6.45) is 6.00. The van der Waals surface area contributed by atoms with Gasteiger partial charge in [-0.2, -0.15) is 5.10 Å². The summed E-state index contributed by atoms with van der Waals surface area (Å²) in [5.74, 6) is -0.634. The van der Waals surface area contributed by atoms with Crippen molar-refractivity contribution >= 4 is 15.9 Å². The maximum atomic E-state index is 12.3. The Morgan fingerprint density at radius 1 is 1.23 bits per heavy atom. The third kappa shape index (κ3) is 3.17. The molecule has 1 aliphatic carbocycles. The molecule has 22 heavy (non-hydrogen) atoms. The van der Waals surface area contributed by atoms with Gasteiger partial charge in [-0.25, -0.2) is 13.1 Å². The number of carbonyl (C=O) groups is 1. The van der Waals surface area contributed by atoms with Crippen LogP contribution in [-0.2, 0) is 27.6 Å². The van der Waals surface area contributed by atoms with Gasteiger partial charge in [-0.05, 0) is 38.5 Å². The molecule has 2 N–H and O–H groups in total. The standard InChI is InChI=1S/C14H21N3O4S/c18-14(17-22(19,20)10-5-4-8-21-9-10)13-11-6-2-1-3-7-12(11)15-16-13/h10H,1-9H2,(H,15,16)(H,17,18). The van der Waals surface area contributed by atoms with E-state index in [-0.39, 0.29) is 12.3 Å². The van der Waals surface area contributed by atoms with Crippen LogP contribution in [0.2, 0.25) is 0 Å². The maximum absolute atomic E-state index is 12.3. The molecule has 1 aromatic rings. The van der Waals surface area contributed by atoms with E-state index >= 15 is 0 Å². The molecular formula is C14H21N3O4S. The van der Waals surface area contributed by atoms with Crippen molar-refractivity contribution in [2.75, 3.05) is 13.2 Å². The molecule has 0 aromatic carbocycles. The van der Waals surface area contributed by atoms with E-state index < -0.39 is 21.2 Å². The average molecular weight is 327 g/mol. The Labute approximate surface area is 129 Å². The number of rotatable bonds is 3. The minimum Gasteiger partial charge on any atom is -0.380 e. The Kier molecular flexibility index (Phi) is 4.49. The minimum atomic E-state index is -3.72. The number of amides is 1. The number of hydrogen-bond donors (Lipinski definition) is 2. The Morgan fingerprint density at radius 2 is 2.05 bits per heavy atom. The monoisotopic (exact) mass is 327 g/mol. The predicted octanol–water partition coefficient (Wildman–Crippen LogP) is 0.917. The molecule has 0 bridgehead atoms. The first-order valence-electron chi connectivity index (χ1n) is 7.78. The quantitative estimate of drug-likeness (QED) is 0.804. The number of ether oxygens (including phenoxy) is 1. The largest absolute Gasteiger partial charge is 0.380 e. The lowest BCUT2D eigenvalue weighted by Gasteiger charge is -2.22. The molecule has 1 aromatic heterocycles. The first kappa shape index (κ1) is 15.5. The first-order chi connectivity index (χ1) is 10.6. The van der Waals surface area contributed by atoms with Crippen molar-refractivity contribution in [1.29, 1.82) is 0 Å². The number of sulfonamides is 1. The highest BCUT2D eigenvalue weighted by atomic mass is 32.2. The van der Waals surface area contributed by atoms with E-state index in [0.717, 1.165) is 43.4 Å². The second-order valence-corrected chi connectivity index (χ2v) is 7.87. The van der Waals surface area contributed by atoms with E-state index in [9.17, 15) is 13.2 Å². The van der Waals surface area contributed by atoms with Crippen LogP contribution in [0.1, 0.15) is 53.8 Å². The van der Waals surface area contributed by atoms with Gasteiger partial charge in [0, 0.05) is 17.9 Å². The maximum Gasteiger partial charge on any atom is 0.285 e. The van der Waals surface area contributed by atoms with E-state index in [1.807, 2.05) is 0 Å². The smallest absolute Gasteiger partial charge is 0.285 e. The van der Waals surface area contributed by atoms with Crippen LogP contribution in [0, 0.1) is 0 Å². The summed E-state index contributed by atoms with van der Waals surface area (Å²) in [5.41, 5.74) is 2.04. The van der Waals surface area contributed by atoms with Crippen LogP contribution in [0.5, 0.6) is 0 Å². The number of aryl methyl sites for hydroxylation is 1. The van der Waals surface area contributed by atoms with Crippen LogP contribution in [0.4, 0.5) is 0 Å². The number of nitrogens with one attached hydrogen (secondary N) is 2. The molecule has 2 aliphatic rings. The topological polar surface area (TPSA) is 101 Å².